The van der Waals surface area contributed by atoms with Crippen molar-refractivity contribution in [2.24, 2.45) is 7.05 Å². The van der Waals surface area contributed by atoms with Gasteiger partial charge in [-0.3, -0.25) is 9.78 Å². The van der Waals surface area contributed by atoms with E-state index in [1.54, 1.807) is 16.9 Å². The van der Waals surface area contributed by atoms with Crippen LogP contribution in [0.5, 0.6) is 0 Å². The Morgan fingerprint density at radius 3 is 2.87 bits per heavy atom. The first-order valence-electron chi connectivity index (χ1n) is 9.87. The van der Waals surface area contributed by atoms with Crippen molar-refractivity contribution in [1.82, 2.24) is 29.9 Å². The maximum absolute atomic E-state index is 15.2. The smallest absolute Gasteiger partial charge is 0.151 e. The van der Waals surface area contributed by atoms with Gasteiger partial charge in [0.25, 0.3) is 0 Å². The molecule has 1 aliphatic heterocycles. The van der Waals surface area contributed by atoms with E-state index in [0.29, 0.717) is 42.0 Å². The number of pyridine rings is 2. The number of fused-ring (bicyclic) bond motifs is 1. The number of aromatic nitrogens is 6. The van der Waals surface area contributed by atoms with E-state index in [0.717, 1.165) is 22.8 Å². The summed E-state index contributed by atoms with van der Waals surface area (Å²) < 4.78 is 22.5. The van der Waals surface area contributed by atoms with Crippen LogP contribution in [0.1, 0.15) is 12.6 Å². The molecule has 1 N–H and O–H groups in total. The fourth-order valence-electron chi connectivity index (χ4n) is 4.06. The monoisotopic (exact) mass is 407 g/mol. The Labute approximate surface area is 172 Å². The summed E-state index contributed by atoms with van der Waals surface area (Å²) in [6, 6.07) is 5.86. The highest BCUT2D eigenvalue weighted by Gasteiger charge is 2.25. The Morgan fingerprint density at radius 2 is 2.17 bits per heavy atom. The van der Waals surface area contributed by atoms with Gasteiger partial charge in [0.1, 0.15) is 17.0 Å². The predicted molar refractivity (Wildman–Crippen MR) is 112 cm³/mol. The molecule has 4 aromatic heterocycles. The van der Waals surface area contributed by atoms with Gasteiger partial charge in [0.15, 0.2) is 5.82 Å². The van der Waals surface area contributed by atoms with E-state index in [1.807, 2.05) is 26.1 Å². The third-order valence-corrected chi connectivity index (χ3v) is 5.47. The first-order chi connectivity index (χ1) is 14.5. The number of aromatic amines is 1. The lowest BCUT2D eigenvalue weighted by molar-refractivity contribution is 0.0986. The number of rotatable bonds is 3. The highest BCUT2D eigenvalue weighted by atomic mass is 19.1. The minimum Gasteiger partial charge on any atom is -0.377 e. The molecule has 8 nitrogen and oxygen atoms in total. The van der Waals surface area contributed by atoms with Crippen molar-refractivity contribution in [3.8, 4) is 22.6 Å². The van der Waals surface area contributed by atoms with Crippen molar-refractivity contribution in [3.63, 3.8) is 0 Å². The molecule has 0 spiro atoms. The number of hydrogen-bond acceptors (Lipinski definition) is 6. The van der Waals surface area contributed by atoms with Crippen LogP contribution in [0, 0.1) is 12.7 Å². The largest absolute Gasteiger partial charge is 0.377 e. The molecule has 154 valence electrons. The molecule has 9 heteroatoms. The van der Waals surface area contributed by atoms with Crippen molar-refractivity contribution in [1.29, 1.82) is 0 Å². The van der Waals surface area contributed by atoms with Gasteiger partial charge in [-0.25, -0.2) is 14.4 Å². The zero-order valence-electron chi connectivity index (χ0n) is 17.1. The standard InChI is InChI=1S/C21H22FN7O/c1-12-8-17(28(3)27-12)14-9-18(29-6-7-30-11-13(29)2)25-21-19(14)15(22)10-23-20(21)16-4-5-24-26-16/h4-5,8-10,13H,6-7,11H2,1-3H3,(H,24,26)/t13-/m1/s1. The second kappa shape index (κ2) is 7.17. The topological polar surface area (TPSA) is 84.8 Å². The molecule has 5 rings (SSSR count). The van der Waals surface area contributed by atoms with Gasteiger partial charge in [-0.1, -0.05) is 0 Å². The summed E-state index contributed by atoms with van der Waals surface area (Å²) in [5, 5.41) is 11.8. The number of nitrogens with zero attached hydrogens (tertiary/aromatic N) is 6. The second-order valence-electron chi connectivity index (χ2n) is 7.59. The highest BCUT2D eigenvalue weighted by molar-refractivity contribution is 6.01. The Kier molecular flexibility index (Phi) is 4.47. The molecule has 1 atom stereocenters. The van der Waals surface area contributed by atoms with Gasteiger partial charge in [-0.2, -0.15) is 10.2 Å². The summed E-state index contributed by atoms with van der Waals surface area (Å²) in [5.41, 5.74) is 4.16. The zero-order valence-corrected chi connectivity index (χ0v) is 17.1. The van der Waals surface area contributed by atoms with Crippen LogP contribution in [0.4, 0.5) is 10.2 Å². The van der Waals surface area contributed by atoms with Crippen molar-refractivity contribution in [3.05, 3.63) is 42.1 Å². The SMILES string of the molecule is Cc1cc(-c2cc(N3CCOC[C@H]3C)nc3c(-c4ccn[nH]4)ncc(F)c23)n(C)n1. The molecule has 30 heavy (non-hydrogen) atoms. The lowest BCUT2D eigenvalue weighted by Crippen LogP contribution is -2.44. The van der Waals surface area contributed by atoms with E-state index in [2.05, 4.69) is 32.1 Å². The molecule has 4 aromatic rings. The van der Waals surface area contributed by atoms with E-state index in [1.165, 1.54) is 6.20 Å². The van der Waals surface area contributed by atoms with Crippen LogP contribution in [0.15, 0.2) is 30.6 Å². The number of aryl methyl sites for hydroxylation is 2. The molecule has 0 bridgehead atoms. The second-order valence-corrected chi connectivity index (χ2v) is 7.59. The van der Waals surface area contributed by atoms with Crippen LogP contribution in [0.2, 0.25) is 0 Å². The summed E-state index contributed by atoms with van der Waals surface area (Å²) in [7, 11) is 1.86. The number of ether oxygens (including phenoxy) is 1. The quantitative estimate of drug-likeness (QED) is 0.562. The fourth-order valence-corrected chi connectivity index (χ4v) is 4.06. The fraction of sp³-hybridized carbons (Fsp3) is 0.333. The Morgan fingerprint density at radius 1 is 1.30 bits per heavy atom. The van der Waals surface area contributed by atoms with Crippen molar-refractivity contribution in [2.75, 3.05) is 24.7 Å². The van der Waals surface area contributed by atoms with Gasteiger partial charge in [0.2, 0.25) is 0 Å². The van der Waals surface area contributed by atoms with E-state index < -0.39 is 5.82 Å². The molecule has 1 aliphatic rings. The van der Waals surface area contributed by atoms with E-state index in [4.69, 9.17) is 9.72 Å². The Balaban J connectivity index is 1.84. The van der Waals surface area contributed by atoms with Gasteiger partial charge < -0.3 is 9.64 Å². The minimum absolute atomic E-state index is 0.155. The minimum atomic E-state index is -0.420. The van der Waals surface area contributed by atoms with E-state index >= 15 is 4.39 Å². The molecule has 5 heterocycles. The van der Waals surface area contributed by atoms with Crippen LogP contribution >= 0.6 is 0 Å². The van der Waals surface area contributed by atoms with Gasteiger partial charge in [-0.05, 0) is 32.0 Å². The number of hydrogen-bond donors (Lipinski definition) is 1. The Bertz CT molecular complexity index is 1220. The van der Waals surface area contributed by atoms with E-state index in [9.17, 15) is 0 Å². The van der Waals surface area contributed by atoms with Gasteiger partial charge >= 0.3 is 0 Å². The molecular weight excluding hydrogens is 385 g/mol. The van der Waals surface area contributed by atoms with Gasteiger partial charge in [0.05, 0.1) is 42.5 Å². The van der Waals surface area contributed by atoms with Gasteiger partial charge in [0, 0.05) is 30.7 Å². The summed E-state index contributed by atoms with van der Waals surface area (Å²) in [6.07, 6.45) is 2.88. The third kappa shape index (κ3) is 3.02. The zero-order chi connectivity index (χ0) is 20.8. The molecule has 0 radical (unpaired) electrons. The molecule has 0 aromatic carbocycles. The van der Waals surface area contributed by atoms with Crippen LogP contribution in [0.3, 0.4) is 0 Å². The molecule has 1 fully saturated rings. The third-order valence-electron chi connectivity index (χ3n) is 5.47. The average molecular weight is 407 g/mol. The maximum Gasteiger partial charge on any atom is 0.151 e. The number of halogens is 1. The molecule has 0 unspecified atom stereocenters. The van der Waals surface area contributed by atoms with Gasteiger partial charge in [-0.15, -0.1) is 0 Å². The maximum atomic E-state index is 15.2. The molecule has 0 aliphatic carbocycles. The number of H-pyrrole nitrogens is 1. The average Bonchev–Trinajstić information content (AvgIpc) is 3.37. The molecule has 0 amide bonds. The normalized spacial score (nSPS) is 17.1. The summed E-state index contributed by atoms with van der Waals surface area (Å²) >= 11 is 0. The number of morpholine rings is 1. The van der Waals surface area contributed by atoms with Crippen LogP contribution < -0.4 is 4.90 Å². The highest BCUT2D eigenvalue weighted by Crippen LogP contribution is 2.37. The number of anilines is 1. The predicted octanol–water partition coefficient (Wildman–Crippen LogP) is 3.09. The van der Waals surface area contributed by atoms with Crippen molar-refractivity contribution in [2.45, 2.75) is 19.9 Å². The summed E-state index contributed by atoms with van der Waals surface area (Å²) in [4.78, 5) is 11.4. The summed E-state index contributed by atoms with van der Waals surface area (Å²) in [5.74, 6) is 0.344. The van der Waals surface area contributed by atoms with E-state index in [-0.39, 0.29) is 6.04 Å². The van der Waals surface area contributed by atoms with Crippen molar-refractivity contribution < 1.29 is 9.13 Å². The Hall–Kier alpha value is -3.33. The molecular formula is C21H22FN7O. The van der Waals surface area contributed by atoms with Crippen LogP contribution in [0.25, 0.3) is 33.5 Å². The summed E-state index contributed by atoms with van der Waals surface area (Å²) in [6.45, 7) is 5.98. The lowest BCUT2D eigenvalue weighted by Gasteiger charge is -2.34. The molecule has 0 saturated carbocycles. The first kappa shape index (κ1) is 18.7. The van der Waals surface area contributed by atoms with Crippen LogP contribution in [-0.4, -0.2) is 55.7 Å². The van der Waals surface area contributed by atoms with Crippen molar-refractivity contribution >= 4 is 16.7 Å². The number of nitrogens with one attached hydrogen (secondary N) is 1. The first-order valence-corrected chi connectivity index (χ1v) is 9.87. The van der Waals surface area contributed by atoms with Crippen LogP contribution in [-0.2, 0) is 11.8 Å². The lowest BCUT2D eigenvalue weighted by atomic mass is 10.0. The molecule has 1 saturated heterocycles.